The summed E-state index contributed by atoms with van der Waals surface area (Å²) in [6.45, 7) is 1.75. The SMILES string of the molecule is Cc1cnc2c(c1)C2(F)F. The predicted molar refractivity (Wildman–Crippen MR) is 32.0 cm³/mol. The fourth-order valence-corrected chi connectivity index (χ4v) is 0.981. The molecule has 0 N–H and O–H groups in total. The minimum Gasteiger partial charge on any atom is -0.254 e. The number of hydrogen-bond acceptors (Lipinski definition) is 1. The summed E-state index contributed by atoms with van der Waals surface area (Å²) in [7, 11) is 0. The van der Waals surface area contributed by atoms with Crippen LogP contribution in [-0.2, 0) is 5.92 Å². The number of rotatable bonds is 0. The predicted octanol–water partition coefficient (Wildman–Crippen LogP) is 1.84. The summed E-state index contributed by atoms with van der Waals surface area (Å²) in [5.41, 5.74) is 0.821. The van der Waals surface area contributed by atoms with Crippen molar-refractivity contribution in [2.75, 3.05) is 0 Å². The molecule has 52 valence electrons. The molecular formula is C7H5F2N. The van der Waals surface area contributed by atoms with Gasteiger partial charge in [0.15, 0.2) is 0 Å². The fourth-order valence-electron chi connectivity index (χ4n) is 0.981. The quantitative estimate of drug-likeness (QED) is 0.537. The Morgan fingerprint density at radius 3 is 2.70 bits per heavy atom. The smallest absolute Gasteiger partial charge is 0.254 e. The second-order valence-corrected chi connectivity index (χ2v) is 2.48. The molecule has 0 saturated heterocycles. The summed E-state index contributed by atoms with van der Waals surface area (Å²) < 4.78 is 24.9. The van der Waals surface area contributed by atoms with E-state index in [1.54, 1.807) is 6.92 Å². The van der Waals surface area contributed by atoms with E-state index in [0.717, 1.165) is 5.56 Å². The maximum absolute atomic E-state index is 12.4. The highest BCUT2D eigenvalue weighted by Gasteiger charge is 2.54. The second kappa shape index (κ2) is 1.36. The van der Waals surface area contributed by atoms with E-state index in [4.69, 9.17) is 0 Å². The molecule has 0 atom stereocenters. The Labute approximate surface area is 56.7 Å². The third kappa shape index (κ3) is 0.523. The third-order valence-corrected chi connectivity index (χ3v) is 1.60. The largest absolute Gasteiger partial charge is 0.317 e. The highest BCUT2D eigenvalue weighted by atomic mass is 19.3. The molecule has 0 fully saturated rings. The molecule has 1 aliphatic rings. The van der Waals surface area contributed by atoms with Crippen LogP contribution in [0, 0.1) is 6.92 Å². The van der Waals surface area contributed by atoms with E-state index in [9.17, 15) is 8.78 Å². The van der Waals surface area contributed by atoms with Gasteiger partial charge in [0.25, 0.3) is 0 Å². The van der Waals surface area contributed by atoms with E-state index >= 15 is 0 Å². The number of aryl methyl sites for hydroxylation is 1. The van der Waals surface area contributed by atoms with Gasteiger partial charge in [-0.3, -0.25) is 4.98 Å². The normalized spacial score (nSPS) is 18.3. The first-order valence-electron chi connectivity index (χ1n) is 2.98. The minimum atomic E-state index is -2.71. The lowest BCUT2D eigenvalue weighted by molar-refractivity contribution is 0.0962. The van der Waals surface area contributed by atoms with E-state index in [1.165, 1.54) is 12.3 Å². The topological polar surface area (TPSA) is 12.9 Å². The molecule has 1 aromatic rings. The Morgan fingerprint density at radius 1 is 1.50 bits per heavy atom. The van der Waals surface area contributed by atoms with Crippen LogP contribution in [0.4, 0.5) is 8.78 Å². The molecule has 1 heterocycles. The first-order valence-corrected chi connectivity index (χ1v) is 2.98. The van der Waals surface area contributed by atoms with Crippen molar-refractivity contribution < 1.29 is 8.78 Å². The van der Waals surface area contributed by atoms with Gasteiger partial charge in [-0.2, -0.15) is 8.78 Å². The van der Waals surface area contributed by atoms with Gasteiger partial charge in [-0.25, -0.2) is 0 Å². The molecule has 0 amide bonds. The average Bonchev–Trinajstić information content (AvgIpc) is 2.36. The van der Waals surface area contributed by atoms with Crippen LogP contribution in [0.1, 0.15) is 16.8 Å². The molecule has 0 spiro atoms. The summed E-state index contributed by atoms with van der Waals surface area (Å²) in [5.74, 6) is -2.71. The number of halogens is 2. The van der Waals surface area contributed by atoms with Crippen molar-refractivity contribution in [3.05, 3.63) is 29.1 Å². The van der Waals surface area contributed by atoms with Gasteiger partial charge in [0.05, 0.1) is 5.56 Å². The standard InChI is InChI=1S/C7H5F2N/c1-4-2-5-6(10-3-4)7(5,8)9/h2-3H,1H3. The van der Waals surface area contributed by atoms with Crippen LogP contribution >= 0.6 is 0 Å². The van der Waals surface area contributed by atoms with Crippen molar-refractivity contribution in [2.24, 2.45) is 0 Å². The van der Waals surface area contributed by atoms with Gasteiger partial charge in [-0.1, -0.05) is 0 Å². The van der Waals surface area contributed by atoms with Crippen molar-refractivity contribution in [1.29, 1.82) is 0 Å². The highest BCUT2D eigenvalue weighted by molar-refractivity contribution is 5.49. The molecule has 0 radical (unpaired) electrons. The van der Waals surface area contributed by atoms with Gasteiger partial charge < -0.3 is 0 Å². The van der Waals surface area contributed by atoms with Crippen LogP contribution in [0.25, 0.3) is 0 Å². The van der Waals surface area contributed by atoms with Crippen LogP contribution < -0.4 is 0 Å². The maximum Gasteiger partial charge on any atom is 0.317 e. The van der Waals surface area contributed by atoms with Gasteiger partial charge in [0.2, 0.25) is 0 Å². The molecule has 0 saturated carbocycles. The number of pyridine rings is 1. The van der Waals surface area contributed by atoms with Gasteiger partial charge in [0.1, 0.15) is 5.69 Å². The average molecular weight is 141 g/mol. The van der Waals surface area contributed by atoms with Gasteiger partial charge >= 0.3 is 5.92 Å². The van der Waals surface area contributed by atoms with Crippen LogP contribution in [0.2, 0.25) is 0 Å². The van der Waals surface area contributed by atoms with Crippen molar-refractivity contribution in [3.63, 3.8) is 0 Å². The molecule has 0 bridgehead atoms. The van der Waals surface area contributed by atoms with Crippen LogP contribution in [0.3, 0.4) is 0 Å². The highest BCUT2D eigenvalue weighted by Crippen LogP contribution is 2.50. The van der Waals surface area contributed by atoms with Crippen molar-refractivity contribution in [1.82, 2.24) is 4.98 Å². The molecule has 2 rings (SSSR count). The Morgan fingerprint density at radius 2 is 2.20 bits per heavy atom. The molecule has 10 heavy (non-hydrogen) atoms. The zero-order chi connectivity index (χ0) is 7.35. The lowest BCUT2D eigenvalue weighted by Gasteiger charge is -1.82. The number of alkyl halides is 2. The molecule has 3 heteroatoms. The van der Waals surface area contributed by atoms with Crippen molar-refractivity contribution >= 4 is 0 Å². The molecule has 0 aliphatic heterocycles. The molecule has 0 aromatic carbocycles. The number of aromatic nitrogens is 1. The minimum absolute atomic E-state index is 0.0573. The zero-order valence-electron chi connectivity index (χ0n) is 5.36. The Balaban J connectivity index is 2.56. The van der Waals surface area contributed by atoms with E-state index < -0.39 is 5.92 Å². The van der Waals surface area contributed by atoms with Crippen LogP contribution in [0.15, 0.2) is 12.3 Å². The molecule has 1 aromatic heterocycles. The van der Waals surface area contributed by atoms with E-state index in [-0.39, 0.29) is 11.3 Å². The summed E-state index contributed by atoms with van der Waals surface area (Å²) in [4.78, 5) is 3.57. The maximum atomic E-state index is 12.4. The Bertz CT molecular complexity index is 294. The first-order chi connectivity index (χ1) is 4.62. The summed E-state index contributed by atoms with van der Waals surface area (Å²) in [5, 5.41) is 0. The van der Waals surface area contributed by atoms with Gasteiger partial charge in [-0.15, -0.1) is 0 Å². The fraction of sp³-hybridized carbons (Fsp3) is 0.286. The zero-order valence-corrected chi connectivity index (χ0v) is 5.36. The Hall–Kier alpha value is -0.990. The number of fused-ring (bicyclic) bond motifs is 1. The second-order valence-electron chi connectivity index (χ2n) is 2.48. The van der Waals surface area contributed by atoms with Crippen molar-refractivity contribution in [2.45, 2.75) is 12.8 Å². The van der Waals surface area contributed by atoms with E-state index in [1.807, 2.05) is 0 Å². The number of hydrogen-bond donors (Lipinski definition) is 0. The molecule has 0 unspecified atom stereocenters. The lowest BCUT2D eigenvalue weighted by Crippen LogP contribution is -1.84. The van der Waals surface area contributed by atoms with E-state index in [2.05, 4.69) is 4.98 Å². The van der Waals surface area contributed by atoms with Gasteiger partial charge in [-0.05, 0) is 18.6 Å². The van der Waals surface area contributed by atoms with Crippen LogP contribution in [0.5, 0.6) is 0 Å². The Kier molecular flexibility index (Phi) is 0.785. The number of nitrogens with zero attached hydrogens (tertiary/aromatic N) is 1. The summed E-state index contributed by atoms with van der Waals surface area (Å²) >= 11 is 0. The summed E-state index contributed by atoms with van der Waals surface area (Å²) in [6.07, 6.45) is 1.46. The van der Waals surface area contributed by atoms with E-state index in [0.29, 0.717) is 0 Å². The molecular weight excluding hydrogens is 136 g/mol. The van der Waals surface area contributed by atoms with Crippen molar-refractivity contribution in [3.8, 4) is 0 Å². The van der Waals surface area contributed by atoms with Gasteiger partial charge in [0, 0.05) is 6.20 Å². The molecule has 1 nitrogen and oxygen atoms in total. The monoisotopic (exact) mass is 141 g/mol. The summed E-state index contributed by atoms with van der Waals surface area (Å²) in [6, 6.07) is 1.47. The first kappa shape index (κ1) is 5.77. The van der Waals surface area contributed by atoms with Crippen LogP contribution in [-0.4, -0.2) is 4.98 Å². The third-order valence-electron chi connectivity index (χ3n) is 1.60. The molecule has 1 aliphatic carbocycles. The lowest BCUT2D eigenvalue weighted by atomic mass is 10.3.